The standard InChI is InChI=1S/C23H21N5O4/c1-14-21-15(2)28(17-6-4-3-5-7-17)26-22(21)23(30)27(25-14)12-20(29)24-11-16-8-9-18-19(10-16)32-13-31-18/h3-10H,11-13H2,1-2H3,(H,24,29). The van der Waals surface area contributed by atoms with Crippen LogP contribution in [0.1, 0.15) is 17.0 Å². The molecule has 0 fully saturated rings. The van der Waals surface area contributed by atoms with Crippen LogP contribution in [0.25, 0.3) is 16.6 Å². The van der Waals surface area contributed by atoms with E-state index >= 15 is 0 Å². The lowest BCUT2D eigenvalue weighted by Crippen LogP contribution is -2.34. The van der Waals surface area contributed by atoms with Crippen molar-refractivity contribution in [1.82, 2.24) is 24.9 Å². The number of nitrogens with zero attached hydrogens (tertiary/aromatic N) is 4. The van der Waals surface area contributed by atoms with Gasteiger partial charge in [0.1, 0.15) is 6.54 Å². The second-order valence-electron chi connectivity index (χ2n) is 7.57. The average Bonchev–Trinajstić information content (AvgIpc) is 3.40. The van der Waals surface area contributed by atoms with E-state index in [1.165, 1.54) is 0 Å². The molecular formula is C23H21N5O4. The van der Waals surface area contributed by atoms with Gasteiger partial charge in [-0.1, -0.05) is 24.3 Å². The lowest BCUT2D eigenvalue weighted by molar-refractivity contribution is -0.122. The monoisotopic (exact) mass is 431 g/mol. The molecule has 5 rings (SSSR count). The van der Waals surface area contributed by atoms with Gasteiger partial charge in [0.15, 0.2) is 17.0 Å². The molecule has 1 aliphatic rings. The Balaban J connectivity index is 1.38. The lowest BCUT2D eigenvalue weighted by Gasteiger charge is -2.08. The van der Waals surface area contributed by atoms with Crippen LogP contribution in [0.5, 0.6) is 11.5 Å². The first kappa shape index (κ1) is 19.8. The Bertz CT molecular complexity index is 1390. The number of nitrogens with one attached hydrogen (secondary N) is 1. The zero-order chi connectivity index (χ0) is 22.2. The molecule has 4 aromatic rings. The molecule has 1 amide bonds. The second-order valence-corrected chi connectivity index (χ2v) is 7.57. The number of para-hydroxylation sites is 1. The van der Waals surface area contributed by atoms with Gasteiger partial charge in [-0.15, -0.1) is 0 Å². The molecule has 2 aromatic carbocycles. The fourth-order valence-corrected chi connectivity index (χ4v) is 3.86. The van der Waals surface area contributed by atoms with Crippen molar-refractivity contribution in [2.24, 2.45) is 0 Å². The van der Waals surface area contributed by atoms with Gasteiger partial charge in [0, 0.05) is 6.54 Å². The number of carbonyl (C=O) groups is 1. The summed E-state index contributed by atoms with van der Waals surface area (Å²) in [6.45, 7) is 4.01. The topological polar surface area (TPSA) is 100 Å². The third-order valence-corrected chi connectivity index (χ3v) is 5.41. The molecule has 0 atom stereocenters. The van der Waals surface area contributed by atoms with Crippen LogP contribution in [-0.2, 0) is 17.9 Å². The molecule has 0 aliphatic carbocycles. The second kappa shape index (κ2) is 7.84. The number of rotatable bonds is 5. The summed E-state index contributed by atoms with van der Waals surface area (Å²) >= 11 is 0. The summed E-state index contributed by atoms with van der Waals surface area (Å²) in [6, 6.07) is 15.1. The Labute approximate surface area is 183 Å². The smallest absolute Gasteiger partial charge is 0.295 e. The molecule has 162 valence electrons. The van der Waals surface area contributed by atoms with Gasteiger partial charge in [0.25, 0.3) is 5.56 Å². The average molecular weight is 431 g/mol. The number of hydrogen-bond donors (Lipinski definition) is 1. The molecule has 0 bridgehead atoms. The Morgan fingerprint density at radius 3 is 2.66 bits per heavy atom. The van der Waals surface area contributed by atoms with Crippen molar-refractivity contribution in [1.29, 1.82) is 0 Å². The Kier molecular flexibility index (Phi) is 4.85. The van der Waals surface area contributed by atoms with Crippen molar-refractivity contribution >= 4 is 16.8 Å². The van der Waals surface area contributed by atoms with E-state index in [2.05, 4.69) is 15.5 Å². The lowest BCUT2D eigenvalue weighted by atomic mass is 10.2. The zero-order valence-corrected chi connectivity index (χ0v) is 17.7. The molecule has 3 heterocycles. The van der Waals surface area contributed by atoms with E-state index < -0.39 is 5.56 Å². The van der Waals surface area contributed by atoms with Crippen LogP contribution < -0.4 is 20.3 Å². The van der Waals surface area contributed by atoms with Crippen LogP contribution in [0.4, 0.5) is 0 Å². The Morgan fingerprint density at radius 1 is 1.06 bits per heavy atom. The van der Waals surface area contributed by atoms with Gasteiger partial charge in [-0.05, 0) is 43.7 Å². The summed E-state index contributed by atoms with van der Waals surface area (Å²) < 4.78 is 13.5. The van der Waals surface area contributed by atoms with Gasteiger partial charge < -0.3 is 14.8 Å². The highest BCUT2D eigenvalue weighted by Crippen LogP contribution is 2.32. The van der Waals surface area contributed by atoms with Crippen LogP contribution in [0, 0.1) is 13.8 Å². The zero-order valence-electron chi connectivity index (χ0n) is 17.7. The van der Waals surface area contributed by atoms with Gasteiger partial charge >= 0.3 is 0 Å². The van der Waals surface area contributed by atoms with E-state index in [0.29, 0.717) is 34.6 Å². The molecule has 0 saturated heterocycles. The van der Waals surface area contributed by atoms with Crippen LogP contribution in [0.15, 0.2) is 53.3 Å². The van der Waals surface area contributed by atoms with Crippen LogP contribution in [-0.4, -0.2) is 32.3 Å². The number of ether oxygens (including phenoxy) is 2. The number of aromatic nitrogens is 4. The fourth-order valence-electron chi connectivity index (χ4n) is 3.86. The fraction of sp³-hybridized carbons (Fsp3) is 0.217. The molecule has 32 heavy (non-hydrogen) atoms. The normalized spacial score (nSPS) is 12.3. The maximum absolute atomic E-state index is 13.0. The van der Waals surface area contributed by atoms with Crippen molar-refractivity contribution in [3.8, 4) is 17.2 Å². The highest BCUT2D eigenvalue weighted by atomic mass is 16.7. The number of fused-ring (bicyclic) bond motifs is 2. The number of benzene rings is 2. The Morgan fingerprint density at radius 2 is 1.84 bits per heavy atom. The van der Waals surface area contributed by atoms with Gasteiger partial charge in [-0.25, -0.2) is 9.36 Å². The molecule has 0 spiro atoms. The van der Waals surface area contributed by atoms with E-state index in [9.17, 15) is 9.59 Å². The highest BCUT2D eigenvalue weighted by molar-refractivity contribution is 5.83. The molecule has 0 radical (unpaired) electrons. The molecule has 9 heteroatoms. The van der Waals surface area contributed by atoms with E-state index in [0.717, 1.165) is 21.6 Å². The van der Waals surface area contributed by atoms with Crippen LogP contribution >= 0.6 is 0 Å². The largest absolute Gasteiger partial charge is 0.454 e. The van der Waals surface area contributed by atoms with E-state index in [-0.39, 0.29) is 19.2 Å². The quantitative estimate of drug-likeness (QED) is 0.520. The molecule has 1 N–H and O–H groups in total. The maximum atomic E-state index is 13.0. The summed E-state index contributed by atoms with van der Waals surface area (Å²) in [6.07, 6.45) is 0. The van der Waals surface area contributed by atoms with Crippen molar-refractivity contribution in [3.63, 3.8) is 0 Å². The van der Waals surface area contributed by atoms with Crippen molar-refractivity contribution in [2.45, 2.75) is 26.9 Å². The van der Waals surface area contributed by atoms with E-state index in [4.69, 9.17) is 9.47 Å². The van der Waals surface area contributed by atoms with Crippen LogP contribution in [0.3, 0.4) is 0 Å². The summed E-state index contributed by atoms with van der Waals surface area (Å²) in [5, 5.41) is 12.4. The highest BCUT2D eigenvalue weighted by Gasteiger charge is 2.19. The van der Waals surface area contributed by atoms with Gasteiger partial charge in [-0.3, -0.25) is 9.59 Å². The Hall–Kier alpha value is -4.14. The summed E-state index contributed by atoms with van der Waals surface area (Å²) in [7, 11) is 0. The summed E-state index contributed by atoms with van der Waals surface area (Å²) in [4.78, 5) is 25.5. The number of carbonyl (C=O) groups excluding carboxylic acids is 1. The van der Waals surface area contributed by atoms with Gasteiger partial charge in [0.2, 0.25) is 12.7 Å². The molecule has 2 aromatic heterocycles. The molecule has 1 aliphatic heterocycles. The molecular weight excluding hydrogens is 410 g/mol. The summed E-state index contributed by atoms with van der Waals surface area (Å²) in [5.41, 5.74) is 3.08. The predicted molar refractivity (Wildman–Crippen MR) is 117 cm³/mol. The van der Waals surface area contributed by atoms with E-state index in [1.807, 2.05) is 56.3 Å². The number of amides is 1. The molecule has 0 unspecified atom stereocenters. The maximum Gasteiger partial charge on any atom is 0.295 e. The van der Waals surface area contributed by atoms with Crippen molar-refractivity contribution in [2.75, 3.05) is 6.79 Å². The minimum atomic E-state index is -0.401. The predicted octanol–water partition coefficient (Wildman–Crippen LogP) is 2.24. The molecule has 0 saturated carbocycles. The van der Waals surface area contributed by atoms with E-state index in [1.54, 1.807) is 10.7 Å². The van der Waals surface area contributed by atoms with Crippen molar-refractivity contribution in [3.05, 3.63) is 75.8 Å². The SMILES string of the molecule is Cc1nn(CC(=O)NCc2ccc3c(c2)OCO3)c(=O)c2nn(-c3ccccc3)c(C)c12. The molecule has 9 nitrogen and oxygen atoms in total. The van der Waals surface area contributed by atoms with Crippen LogP contribution in [0.2, 0.25) is 0 Å². The first-order chi connectivity index (χ1) is 15.5. The van der Waals surface area contributed by atoms with Gasteiger partial charge in [0.05, 0.1) is 22.5 Å². The minimum Gasteiger partial charge on any atom is -0.454 e. The summed E-state index contributed by atoms with van der Waals surface area (Å²) in [5.74, 6) is 1.01. The van der Waals surface area contributed by atoms with Gasteiger partial charge in [-0.2, -0.15) is 10.2 Å². The third-order valence-electron chi connectivity index (χ3n) is 5.41. The first-order valence-electron chi connectivity index (χ1n) is 10.2. The minimum absolute atomic E-state index is 0.196. The third kappa shape index (κ3) is 3.47. The van der Waals surface area contributed by atoms with Crippen molar-refractivity contribution < 1.29 is 14.3 Å². The number of aryl methyl sites for hydroxylation is 2. The first-order valence-corrected chi connectivity index (χ1v) is 10.2. The number of hydrogen-bond acceptors (Lipinski definition) is 6.